The van der Waals surface area contributed by atoms with Gasteiger partial charge in [-0.15, -0.1) is 0 Å². The van der Waals surface area contributed by atoms with Crippen molar-refractivity contribution >= 4 is 42.2 Å². The van der Waals surface area contributed by atoms with Gasteiger partial charge in [0.25, 0.3) is 0 Å². The largest absolute Gasteiger partial charge is 0.480 e. The van der Waals surface area contributed by atoms with E-state index in [9.17, 15) is 29.1 Å². The van der Waals surface area contributed by atoms with Gasteiger partial charge in [-0.1, -0.05) is 6.42 Å². The predicted molar refractivity (Wildman–Crippen MR) is 114 cm³/mol. The Morgan fingerprint density at radius 3 is 2.00 bits per heavy atom. The second-order valence-corrected chi connectivity index (χ2v) is 7.30. The summed E-state index contributed by atoms with van der Waals surface area (Å²) < 4.78 is 0. The minimum Gasteiger partial charge on any atom is -0.480 e. The lowest BCUT2D eigenvalue weighted by Crippen LogP contribution is -2.60. The molecule has 13 nitrogen and oxygen atoms in total. The molecule has 0 spiro atoms. The fourth-order valence-corrected chi connectivity index (χ4v) is 2.68. The van der Waals surface area contributed by atoms with Gasteiger partial charge in [-0.05, 0) is 26.3 Å². The number of rotatable bonds is 15. The van der Waals surface area contributed by atoms with Crippen molar-refractivity contribution < 1.29 is 34.2 Å². The number of nitrogens with one attached hydrogen (secondary N) is 3. The number of nitrogens with two attached hydrogens (primary N) is 3. The Kier molecular flexibility index (Phi) is 13.4. The van der Waals surface area contributed by atoms with Crippen molar-refractivity contribution in [1.29, 1.82) is 0 Å². The second kappa shape index (κ2) is 14.6. The maximum absolute atomic E-state index is 12.6. The van der Waals surface area contributed by atoms with E-state index >= 15 is 0 Å². The van der Waals surface area contributed by atoms with Gasteiger partial charge in [0.2, 0.25) is 23.6 Å². The van der Waals surface area contributed by atoms with Crippen LogP contribution in [0.4, 0.5) is 0 Å². The number of aliphatic hydroxyl groups is 1. The number of hydrogen-bond donors (Lipinski definition) is 9. The molecule has 0 aromatic carbocycles. The molecule has 0 aliphatic heterocycles. The first kappa shape index (κ1) is 28.6. The van der Waals surface area contributed by atoms with E-state index in [0.717, 1.165) is 0 Å². The highest BCUT2D eigenvalue weighted by Gasteiger charge is 2.33. The summed E-state index contributed by atoms with van der Waals surface area (Å²) in [6, 6.07) is -5.35. The lowest BCUT2D eigenvalue weighted by molar-refractivity contribution is -0.142. The van der Waals surface area contributed by atoms with E-state index in [1.165, 1.54) is 6.92 Å². The Balaban J connectivity index is 5.27. The Hall–Kier alpha value is -2.42. The predicted octanol–water partition coefficient (Wildman–Crippen LogP) is -3.83. The molecule has 0 aliphatic rings. The number of amides is 4. The van der Waals surface area contributed by atoms with Crippen LogP contribution in [0.3, 0.4) is 0 Å². The van der Waals surface area contributed by atoms with E-state index < -0.39 is 66.3 Å². The first-order chi connectivity index (χ1) is 14.4. The zero-order chi connectivity index (χ0) is 24.1. The zero-order valence-electron chi connectivity index (χ0n) is 17.2. The van der Waals surface area contributed by atoms with Crippen molar-refractivity contribution in [3.8, 4) is 0 Å². The van der Waals surface area contributed by atoms with Gasteiger partial charge in [-0.25, -0.2) is 4.79 Å². The second-order valence-electron chi connectivity index (χ2n) is 6.93. The van der Waals surface area contributed by atoms with Crippen LogP contribution >= 0.6 is 12.6 Å². The maximum Gasteiger partial charge on any atom is 0.327 e. The highest BCUT2D eigenvalue weighted by molar-refractivity contribution is 7.80. The van der Waals surface area contributed by atoms with E-state index in [4.69, 9.17) is 22.3 Å². The third-order valence-corrected chi connectivity index (χ3v) is 4.57. The number of carbonyl (C=O) groups is 5. The minimum atomic E-state index is -1.57. The number of hydrogen-bond acceptors (Lipinski definition) is 9. The molecule has 4 amide bonds. The summed E-state index contributed by atoms with van der Waals surface area (Å²) >= 11 is 3.81. The van der Waals surface area contributed by atoms with Crippen molar-refractivity contribution in [2.75, 3.05) is 12.3 Å². The van der Waals surface area contributed by atoms with Crippen LogP contribution in [0, 0.1) is 0 Å². The highest BCUT2D eigenvalue weighted by atomic mass is 32.1. The molecule has 5 atom stereocenters. The standard InChI is InChI=1S/C17H32N6O7S/c1-8(24)13(16(28)22-11(7-31)17(29)30)23-15(27)10(6-12(20)25)21-14(26)9(19)4-2-3-5-18/h8-11,13,24,31H,2-7,18-19H2,1H3,(H2,20,25)(H,21,26)(H,22,28)(H,23,27)(H,29,30). The molecule has 0 bridgehead atoms. The van der Waals surface area contributed by atoms with Gasteiger partial charge < -0.3 is 43.4 Å². The van der Waals surface area contributed by atoms with Crippen LogP contribution < -0.4 is 33.2 Å². The SMILES string of the molecule is CC(O)C(NC(=O)C(CC(N)=O)NC(=O)C(N)CCCCN)C(=O)NC(CS)C(=O)O. The molecule has 0 saturated carbocycles. The van der Waals surface area contributed by atoms with E-state index in [2.05, 4.69) is 28.6 Å². The summed E-state index contributed by atoms with van der Waals surface area (Å²) in [7, 11) is 0. The van der Waals surface area contributed by atoms with Crippen LogP contribution in [0.5, 0.6) is 0 Å². The molecule has 0 radical (unpaired) electrons. The number of carboxylic acids is 1. The van der Waals surface area contributed by atoms with Gasteiger partial charge in [0.05, 0.1) is 18.6 Å². The molecule has 0 aliphatic carbocycles. The Bertz CT molecular complexity index is 648. The maximum atomic E-state index is 12.6. The Morgan fingerprint density at radius 2 is 1.55 bits per heavy atom. The molecule has 0 heterocycles. The molecule has 11 N–H and O–H groups in total. The number of thiol groups is 1. The average molecular weight is 465 g/mol. The number of primary amides is 1. The van der Waals surface area contributed by atoms with Gasteiger partial charge >= 0.3 is 5.97 Å². The number of carbonyl (C=O) groups excluding carboxylic acids is 4. The summed E-state index contributed by atoms with van der Waals surface area (Å²) in [6.45, 7) is 1.62. The van der Waals surface area contributed by atoms with Gasteiger partial charge in [0, 0.05) is 5.75 Å². The van der Waals surface area contributed by atoms with Gasteiger partial charge in [-0.3, -0.25) is 19.2 Å². The third-order valence-electron chi connectivity index (χ3n) is 4.20. The number of unbranched alkanes of at least 4 members (excludes halogenated alkanes) is 1. The number of carboxylic acid groups (broad SMARTS) is 1. The fraction of sp³-hybridized carbons (Fsp3) is 0.706. The van der Waals surface area contributed by atoms with Gasteiger partial charge in [0.15, 0.2) is 0 Å². The third kappa shape index (κ3) is 11.0. The van der Waals surface area contributed by atoms with Crippen molar-refractivity contribution in [3.63, 3.8) is 0 Å². The first-order valence-electron chi connectivity index (χ1n) is 9.61. The van der Waals surface area contributed by atoms with E-state index in [1.807, 2.05) is 0 Å². The molecule has 14 heteroatoms. The number of aliphatic carboxylic acids is 1. The fourth-order valence-electron chi connectivity index (χ4n) is 2.43. The van der Waals surface area contributed by atoms with Crippen LogP contribution in [-0.4, -0.2) is 82.4 Å². The van der Waals surface area contributed by atoms with E-state index in [1.54, 1.807) is 0 Å². The van der Waals surface area contributed by atoms with Crippen LogP contribution in [0.2, 0.25) is 0 Å². The molecular formula is C17H32N6O7S. The Labute approximate surface area is 185 Å². The van der Waals surface area contributed by atoms with E-state index in [0.29, 0.717) is 25.8 Å². The van der Waals surface area contributed by atoms with Crippen molar-refractivity contribution in [3.05, 3.63) is 0 Å². The normalized spacial score (nSPS) is 15.6. The molecule has 178 valence electrons. The van der Waals surface area contributed by atoms with Gasteiger partial charge in [0.1, 0.15) is 18.1 Å². The quantitative estimate of drug-likeness (QED) is 0.0850. The van der Waals surface area contributed by atoms with Crippen LogP contribution in [0.1, 0.15) is 32.6 Å². The molecule has 0 rings (SSSR count). The summed E-state index contributed by atoms with van der Waals surface area (Å²) in [5.41, 5.74) is 16.3. The molecule has 0 aromatic heterocycles. The molecule has 0 aromatic rings. The number of aliphatic hydroxyl groups excluding tert-OH is 1. The summed E-state index contributed by atoms with van der Waals surface area (Å²) in [4.78, 5) is 59.6. The summed E-state index contributed by atoms with van der Waals surface area (Å²) in [5.74, 6) is -5.19. The highest BCUT2D eigenvalue weighted by Crippen LogP contribution is 2.03. The average Bonchev–Trinajstić information content (AvgIpc) is 2.68. The molecule has 5 unspecified atom stereocenters. The van der Waals surface area contributed by atoms with Crippen LogP contribution in [-0.2, 0) is 24.0 Å². The lowest BCUT2D eigenvalue weighted by atomic mass is 10.1. The first-order valence-corrected chi connectivity index (χ1v) is 10.2. The minimum absolute atomic E-state index is 0.232. The monoisotopic (exact) mass is 464 g/mol. The van der Waals surface area contributed by atoms with Crippen LogP contribution in [0.25, 0.3) is 0 Å². The lowest BCUT2D eigenvalue weighted by Gasteiger charge is -2.26. The Morgan fingerprint density at radius 1 is 0.968 bits per heavy atom. The van der Waals surface area contributed by atoms with Crippen molar-refractivity contribution in [2.45, 2.75) is 62.9 Å². The smallest absolute Gasteiger partial charge is 0.327 e. The topological polar surface area (TPSA) is 240 Å². The van der Waals surface area contributed by atoms with Crippen molar-refractivity contribution in [2.24, 2.45) is 17.2 Å². The summed E-state index contributed by atoms with van der Waals surface area (Å²) in [6.07, 6.45) is -0.483. The summed E-state index contributed by atoms with van der Waals surface area (Å²) in [5, 5.41) is 25.5. The molecule has 31 heavy (non-hydrogen) atoms. The van der Waals surface area contributed by atoms with Crippen molar-refractivity contribution in [1.82, 2.24) is 16.0 Å². The van der Waals surface area contributed by atoms with E-state index in [-0.39, 0.29) is 5.75 Å². The van der Waals surface area contributed by atoms with Crippen LogP contribution in [0.15, 0.2) is 0 Å². The molecular weight excluding hydrogens is 432 g/mol. The van der Waals surface area contributed by atoms with Gasteiger partial charge in [-0.2, -0.15) is 12.6 Å². The zero-order valence-corrected chi connectivity index (χ0v) is 18.1. The molecule has 0 fully saturated rings. The molecule has 0 saturated heterocycles.